The summed E-state index contributed by atoms with van der Waals surface area (Å²) in [5, 5.41) is 3.05. The molecule has 1 aromatic heterocycles. The van der Waals surface area contributed by atoms with Gasteiger partial charge in [-0.15, -0.1) is 0 Å². The molecule has 1 aliphatic rings. The van der Waals surface area contributed by atoms with E-state index >= 15 is 0 Å². The standard InChI is InChI=1S/C26H29N3O3/c1-20(30)29-24-12-6-5-10-22(24)18-25(29)26(31)27-14-16-28(19-23-11-7-17-32-23)15-13-21-8-3-2-4-9-21/h2-12,17,25H,13-16,18-19H2,1H3,(H,27,31)/t25-/m1/s1. The minimum atomic E-state index is -0.493. The summed E-state index contributed by atoms with van der Waals surface area (Å²) in [6.07, 6.45) is 3.15. The highest BCUT2D eigenvalue weighted by molar-refractivity contribution is 6.02. The van der Waals surface area contributed by atoms with E-state index in [1.54, 1.807) is 11.2 Å². The summed E-state index contributed by atoms with van der Waals surface area (Å²) >= 11 is 0. The fourth-order valence-electron chi connectivity index (χ4n) is 4.26. The van der Waals surface area contributed by atoms with Gasteiger partial charge in [0.2, 0.25) is 11.8 Å². The molecule has 6 nitrogen and oxygen atoms in total. The first kappa shape index (κ1) is 21.8. The molecule has 2 heterocycles. The molecule has 0 radical (unpaired) electrons. The zero-order valence-electron chi connectivity index (χ0n) is 18.4. The van der Waals surface area contributed by atoms with E-state index in [0.717, 1.165) is 30.0 Å². The van der Waals surface area contributed by atoms with Gasteiger partial charge < -0.3 is 9.73 Å². The number of furan rings is 1. The molecule has 32 heavy (non-hydrogen) atoms. The van der Waals surface area contributed by atoms with Gasteiger partial charge in [-0.25, -0.2) is 0 Å². The third-order valence-corrected chi connectivity index (χ3v) is 5.86. The number of fused-ring (bicyclic) bond motifs is 1. The summed E-state index contributed by atoms with van der Waals surface area (Å²) in [5.74, 6) is 0.674. The Morgan fingerprint density at radius 2 is 1.81 bits per heavy atom. The van der Waals surface area contributed by atoms with Gasteiger partial charge in [-0.2, -0.15) is 0 Å². The third kappa shape index (κ3) is 5.26. The molecular formula is C26H29N3O3. The van der Waals surface area contributed by atoms with Crippen LogP contribution < -0.4 is 10.2 Å². The Kier molecular flexibility index (Phi) is 7.02. The van der Waals surface area contributed by atoms with Crippen LogP contribution in [0.1, 0.15) is 23.8 Å². The average molecular weight is 432 g/mol. The van der Waals surface area contributed by atoms with Crippen LogP contribution in [0.5, 0.6) is 0 Å². The Labute approximate surface area is 188 Å². The topological polar surface area (TPSA) is 65.8 Å². The first-order chi connectivity index (χ1) is 15.6. The van der Waals surface area contributed by atoms with E-state index in [1.165, 1.54) is 12.5 Å². The van der Waals surface area contributed by atoms with Gasteiger partial charge in [0.1, 0.15) is 11.8 Å². The monoisotopic (exact) mass is 431 g/mol. The third-order valence-electron chi connectivity index (χ3n) is 5.86. The second-order valence-corrected chi connectivity index (χ2v) is 8.12. The quantitative estimate of drug-likeness (QED) is 0.564. The number of anilines is 1. The van der Waals surface area contributed by atoms with Crippen LogP contribution in [-0.4, -0.2) is 42.4 Å². The Morgan fingerprint density at radius 3 is 2.56 bits per heavy atom. The number of hydrogen-bond donors (Lipinski definition) is 1. The first-order valence-corrected chi connectivity index (χ1v) is 11.1. The van der Waals surface area contributed by atoms with Gasteiger partial charge in [0.25, 0.3) is 0 Å². The average Bonchev–Trinajstić information content (AvgIpc) is 3.45. The van der Waals surface area contributed by atoms with E-state index in [2.05, 4.69) is 22.3 Å². The first-order valence-electron chi connectivity index (χ1n) is 11.1. The van der Waals surface area contributed by atoms with Crippen molar-refractivity contribution >= 4 is 17.5 Å². The minimum Gasteiger partial charge on any atom is -0.468 e. The number of nitrogens with one attached hydrogen (secondary N) is 1. The van der Waals surface area contributed by atoms with E-state index in [0.29, 0.717) is 26.1 Å². The van der Waals surface area contributed by atoms with Crippen molar-refractivity contribution in [2.24, 2.45) is 0 Å². The number of hydrogen-bond acceptors (Lipinski definition) is 4. The second-order valence-electron chi connectivity index (χ2n) is 8.12. The molecule has 1 atom stereocenters. The lowest BCUT2D eigenvalue weighted by Gasteiger charge is -2.25. The van der Waals surface area contributed by atoms with Crippen molar-refractivity contribution in [2.75, 3.05) is 24.5 Å². The smallest absolute Gasteiger partial charge is 0.243 e. The van der Waals surface area contributed by atoms with Crippen LogP contribution in [0.25, 0.3) is 0 Å². The highest BCUT2D eigenvalue weighted by Crippen LogP contribution is 2.32. The molecule has 0 unspecified atom stereocenters. The lowest BCUT2D eigenvalue weighted by atomic mass is 10.1. The van der Waals surface area contributed by atoms with Gasteiger partial charge in [-0.3, -0.25) is 19.4 Å². The summed E-state index contributed by atoms with van der Waals surface area (Å²) in [7, 11) is 0. The molecule has 1 aliphatic heterocycles. The highest BCUT2D eigenvalue weighted by Gasteiger charge is 2.36. The molecule has 166 valence electrons. The maximum Gasteiger partial charge on any atom is 0.243 e. The van der Waals surface area contributed by atoms with Crippen molar-refractivity contribution in [1.82, 2.24) is 10.2 Å². The van der Waals surface area contributed by atoms with E-state index in [1.807, 2.05) is 54.6 Å². The normalized spacial score (nSPS) is 15.1. The van der Waals surface area contributed by atoms with Gasteiger partial charge in [0.05, 0.1) is 12.8 Å². The van der Waals surface area contributed by atoms with E-state index in [-0.39, 0.29) is 11.8 Å². The Bertz CT molecular complexity index is 1030. The van der Waals surface area contributed by atoms with Crippen molar-refractivity contribution in [2.45, 2.75) is 32.4 Å². The fraction of sp³-hybridized carbons (Fsp3) is 0.308. The highest BCUT2D eigenvalue weighted by atomic mass is 16.3. The van der Waals surface area contributed by atoms with Crippen molar-refractivity contribution in [1.29, 1.82) is 0 Å². The van der Waals surface area contributed by atoms with E-state index in [4.69, 9.17) is 4.42 Å². The number of para-hydroxylation sites is 1. The molecular weight excluding hydrogens is 402 g/mol. The summed E-state index contributed by atoms with van der Waals surface area (Å²) < 4.78 is 5.53. The molecule has 0 saturated heterocycles. The van der Waals surface area contributed by atoms with E-state index in [9.17, 15) is 9.59 Å². The van der Waals surface area contributed by atoms with Crippen LogP contribution in [0.15, 0.2) is 77.4 Å². The number of rotatable bonds is 9. The molecule has 4 rings (SSSR count). The predicted molar refractivity (Wildman–Crippen MR) is 124 cm³/mol. The zero-order valence-corrected chi connectivity index (χ0v) is 18.4. The second kappa shape index (κ2) is 10.3. The number of nitrogens with zero attached hydrogens (tertiary/aromatic N) is 2. The maximum atomic E-state index is 13.0. The molecule has 1 N–H and O–H groups in total. The van der Waals surface area contributed by atoms with Gasteiger partial charge in [0.15, 0.2) is 0 Å². The molecule has 0 aliphatic carbocycles. The maximum absolute atomic E-state index is 13.0. The van der Waals surface area contributed by atoms with Gasteiger partial charge in [0, 0.05) is 38.7 Å². The van der Waals surface area contributed by atoms with E-state index < -0.39 is 6.04 Å². The lowest BCUT2D eigenvalue weighted by molar-refractivity contribution is -0.125. The molecule has 6 heteroatoms. The fourth-order valence-corrected chi connectivity index (χ4v) is 4.26. The molecule has 0 spiro atoms. The zero-order chi connectivity index (χ0) is 22.3. The summed E-state index contributed by atoms with van der Waals surface area (Å²) in [5.41, 5.74) is 3.15. The van der Waals surface area contributed by atoms with Crippen LogP contribution in [0.3, 0.4) is 0 Å². The van der Waals surface area contributed by atoms with Gasteiger partial charge in [-0.05, 0) is 35.7 Å². The minimum absolute atomic E-state index is 0.114. The van der Waals surface area contributed by atoms with Gasteiger partial charge >= 0.3 is 0 Å². The van der Waals surface area contributed by atoms with Crippen LogP contribution in [-0.2, 0) is 29.0 Å². The summed E-state index contributed by atoms with van der Waals surface area (Å²) in [4.78, 5) is 29.1. The van der Waals surface area contributed by atoms with Crippen molar-refractivity contribution in [3.8, 4) is 0 Å². The van der Waals surface area contributed by atoms with Crippen LogP contribution in [0, 0.1) is 0 Å². The number of carbonyl (C=O) groups excluding carboxylic acids is 2. The lowest BCUT2D eigenvalue weighted by Crippen LogP contribution is -2.48. The SMILES string of the molecule is CC(=O)N1c2ccccc2C[C@@H]1C(=O)NCCN(CCc1ccccc1)Cc1ccco1. The number of benzene rings is 2. The summed E-state index contributed by atoms with van der Waals surface area (Å²) in [6, 6.07) is 21.5. The van der Waals surface area contributed by atoms with Crippen LogP contribution >= 0.6 is 0 Å². The molecule has 3 aromatic rings. The molecule has 2 aromatic carbocycles. The van der Waals surface area contributed by atoms with Gasteiger partial charge in [-0.1, -0.05) is 48.5 Å². The Morgan fingerprint density at radius 1 is 1.03 bits per heavy atom. The number of amides is 2. The van der Waals surface area contributed by atoms with Crippen LogP contribution in [0.4, 0.5) is 5.69 Å². The molecule has 2 amide bonds. The summed E-state index contributed by atoms with van der Waals surface area (Å²) in [6.45, 7) is 4.25. The molecule has 0 saturated carbocycles. The molecule has 0 bridgehead atoms. The predicted octanol–water partition coefficient (Wildman–Crippen LogP) is 3.42. The van der Waals surface area contributed by atoms with Crippen molar-refractivity contribution < 1.29 is 14.0 Å². The Balaban J connectivity index is 1.34. The van der Waals surface area contributed by atoms with Crippen molar-refractivity contribution in [3.63, 3.8) is 0 Å². The molecule has 0 fully saturated rings. The van der Waals surface area contributed by atoms with Crippen molar-refractivity contribution in [3.05, 3.63) is 89.9 Å². The largest absolute Gasteiger partial charge is 0.468 e. The number of carbonyl (C=O) groups is 2. The van der Waals surface area contributed by atoms with Crippen LogP contribution in [0.2, 0.25) is 0 Å². The Hall–Kier alpha value is -3.38.